The maximum Gasteiger partial charge on any atom is 0.413 e. The molecule has 104 valence electrons. The predicted molar refractivity (Wildman–Crippen MR) is 74.8 cm³/mol. The number of hydrogen-bond donors (Lipinski definition) is 2. The summed E-state index contributed by atoms with van der Waals surface area (Å²) in [4.78, 5) is 26.9. The van der Waals surface area contributed by atoms with Gasteiger partial charge in [0, 0.05) is 17.5 Å². The largest absolute Gasteiger partial charge is 0.444 e. The van der Waals surface area contributed by atoms with Crippen molar-refractivity contribution < 1.29 is 14.3 Å². The van der Waals surface area contributed by atoms with Gasteiger partial charge in [-0.25, -0.2) is 9.78 Å². The van der Waals surface area contributed by atoms with E-state index in [2.05, 4.69) is 10.3 Å². The number of ether oxygens (including phenoxy) is 1. The first-order chi connectivity index (χ1) is 8.76. The molecule has 3 N–H and O–H groups in total. The van der Waals surface area contributed by atoms with Crippen LogP contribution in [0, 0.1) is 0 Å². The normalized spacial score (nSPS) is 11.5. The molecule has 6 nitrogen and oxygen atoms in total. The summed E-state index contributed by atoms with van der Waals surface area (Å²) in [7, 11) is 0. The molecule has 1 aromatic rings. The average Bonchev–Trinajstić information content (AvgIpc) is 2.61. The van der Waals surface area contributed by atoms with Crippen LogP contribution in [0.3, 0.4) is 0 Å². The topological polar surface area (TPSA) is 94.3 Å². The molecule has 0 aromatic carbocycles. The van der Waals surface area contributed by atoms with Gasteiger partial charge < -0.3 is 10.5 Å². The number of carbonyl (C=O) groups excluding carboxylic acids is 2. The highest BCUT2D eigenvalue weighted by atomic mass is 32.1. The molecule has 0 saturated heterocycles. The van der Waals surface area contributed by atoms with E-state index in [4.69, 9.17) is 10.5 Å². The minimum Gasteiger partial charge on any atom is -0.444 e. The van der Waals surface area contributed by atoms with Gasteiger partial charge in [0.05, 0.1) is 0 Å². The van der Waals surface area contributed by atoms with Gasteiger partial charge in [-0.05, 0) is 26.8 Å². The van der Waals surface area contributed by atoms with Crippen molar-refractivity contribution in [3.05, 3.63) is 17.2 Å². The number of nitrogens with two attached hydrogens (primary N) is 1. The van der Waals surface area contributed by atoms with E-state index in [1.807, 2.05) is 0 Å². The molecular formula is C12H17N3O3S. The van der Waals surface area contributed by atoms with Gasteiger partial charge in [0.2, 0.25) is 5.91 Å². The van der Waals surface area contributed by atoms with Crippen molar-refractivity contribution in [3.8, 4) is 0 Å². The van der Waals surface area contributed by atoms with Crippen LogP contribution in [0.25, 0.3) is 6.08 Å². The van der Waals surface area contributed by atoms with Crippen LogP contribution in [-0.2, 0) is 9.53 Å². The van der Waals surface area contributed by atoms with Gasteiger partial charge in [0.1, 0.15) is 5.60 Å². The zero-order chi connectivity index (χ0) is 14.5. The Morgan fingerprint density at radius 2 is 2.21 bits per heavy atom. The van der Waals surface area contributed by atoms with Gasteiger partial charge in [0.25, 0.3) is 0 Å². The third kappa shape index (κ3) is 6.56. The van der Waals surface area contributed by atoms with Crippen LogP contribution in [0.15, 0.2) is 12.3 Å². The van der Waals surface area contributed by atoms with Crippen LogP contribution in [0.1, 0.15) is 32.1 Å². The number of nitrogens with one attached hydrogen (secondary N) is 1. The minimum atomic E-state index is -0.550. The van der Waals surface area contributed by atoms with Crippen molar-refractivity contribution in [3.63, 3.8) is 0 Å². The smallest absolute Gasteiger partial charge is 0.413 e. The fourth-order valence-corrected chi connectivity index (χ4v) is 1.84. The predicted octanol–water partition coefficient (Wildman–Crippen LogP) is 2.38. The summed E-state index contributed by atoms with van der Waals surface area (Å²) >= 11 is 1.28. The Morgan fingerprint density at radius 3 is 2.79 bits per heavy atom. The Bertz CT molecular complexity index is 489. The fourth-order valence-electron chi connectivity index (χ4n) is 1.10. The van der Waals surface area contributed by atoms with Crippen LogP contribution in [0.5, 0.6) is 0 Å². The molecule has 0 saturated carbocycles. The lowest BCUT2D eigenvalue weighted by molar-refractivity contribution is -0.117. The summed E-state index contributed by atoms with van der Waals surface area (Å²) in [5.74, 6) is -0.395. The standard InChI is InChI=1S/C12H17N3O3S/c1-12(2,3)18-11(17)15-10-14-7-8(19-10)5-4-6-9(13)16/h4-5,7H,6H2,1-3H3,(H2,13,16)(H,14,15,17). The molecule has 0 aliphatic rings. The molecule has 0 atom stereocenters. The van der Waals surface area contributed by atoms with E-state index in [-0.39, 0.29) is 6.42 Å². The second-order valence-corrected chi connectivity index (χ2v) is 5.83. The van der Waals surface area contributed by atoms with Crippen LogP contribution < -0.4 is 11.1 Å². The Hall–Kier alpha value is -1.89. The molecule has 1 heterocycles. The number of primary amides is 1. The molecule has 19 heavy (non-hydrogen) atoms. The number of aromatic nitrogens is 1. The quantitative estimate of drug-likeness (QED) is 0.887. The number of amides is 2. The molecule has 0 fully saturated rings. The van der Waals surface area contributed by atoms with E-state index in [0.29, 0.717) is 5.13 Å². The molecular weight excluding hydrogens is 266 g/mol. The van der Waals surface area contributed by atoms with Gasteiger partial charge in [-0.3, -0.25) is 10.1 Å². The van der Waals surface area contributed by atoms with Gasteiger partial charge >= 0.3 is 6.09 Å². The first kappa shape index (κ1) is 15.2. The molecule has 0 radical (unpaired) electrons. The maximum atomic E-state index is 11.5. The third-order valence-electron chi connectivity index (χ3n) is 1.73. The molecule has 0 spiro atoms. The van der Waals surface area contributed by atoms with Crippen LogP contribution in [0.4, 0.5) is 9.93 Å². The number of carbonyl (C=O) groups is 2. The summed E-state index contributed by atoms with van der Waals surface area (Å²) < 4.78 is 5.10. The number of thiazole rings is 1. The molecule has 0 unspecified atom stereocenters. The summed E-state index contributed by atoms with van der Waals surface area (Å²) in [6.45, 7) is 5.35. The van der Waals surface area contributed by atoms with Gasteiger partial charge in [-0.1, -0.05) is 17.4 Å². The van der Waals surface area contributed by atoms with Crippen LogP contribution >= 0.6 is 11.3 Å². The molecule has 1 rings (SSSR count). The molecule has 2 amide bonds. The Labute approximate surface area is 115 Å². The van der Waals surface area contributed by atoms with E-state index in [9.17, 15) is 9.59 Å². The number of anilines is 1. The minimum absolute atomic E-state index is 0.173. The first-order valence-corrected chi connectivity index (χ1v) is 6.48. The Balaban J connectivity index is 2.53. The molecule has 0 aliphatic heterocycles. The van der Waals surface area contributed by atoms with Crippen LogP contribution in [-0.4, -0.2) is 22.6 Å². The number of nitrogens with zero attached hydrogens (tertiary/aromatic N) is 1. The highest BCUT2D eigenvalue weighted by Crippen LogP contribution is 2.20. The maximum absolute atomic E-state index is 11.5. The van der Waals surface area contributed by atoms with E-state index in [1.54, 1.807) is 39.1 Å². The molecule has 7 heteroatoms. The zero-order valence-electron chi connectivity index (χ0n) is 11.1. The van der Waals surface area contributed by atoms with Gasteiger partial charge in [0.15, 0.2) is 5.13 Å². The molecule has 1 aromatic heterocycles. The van der Waals surface area contributed by atoms with E-state index in [1.165, 1.54) is 11.3 Å². The van der Waals surface area contributed by atoms with E-state index in [0.717, 1.165) is 4.88 Å². The lowest BCUT2D eigenvalue weighted by atomic mass is 10.2. The molecule has 0 bridgehead atoms. The van der Waals surface area contributed by atoms with Crippen molar-refractivity contribution in [1.29, 1.82) is 0 Å². The number of hydrogen-bond acceptors (Lipinski definition) is 5. The van der Waals surface area contributed by atoms with E-state index >= 15 is 0 Å². The zero-order valence-corrected chi connectivity index (χ0v) is 11.9. The van der Waals surface area contributed by atoms with Gasteiger partial charge in [-0.2, -0.15) is 0 Å². The summed E-state index contributed by atoms with van der Waals surface area (Å²) in [6.07, 6.45) is 4.59. The van der Waals surface area contributed by atoms with Crippen molar-refractivity contribution >= 4 is 34.5 Å². The fraction of sp³-hybridized carbons (Fsp3) is 0.417. The highest BCUT2D eigenvalue weighted by molar-refractivity contribution is 7.16. The monoisotopic (exact) mass is 283 g/mol. The van der Waals surface area contributed by atoms with Crippen molar-refractivity contribution in [1.82, 2.24) is 4.98 Å². The Morgan fingerprint density at radius 1 is 1.53 bits per heavy atom. The average molecular weight is 283 g/mol. The van der Waals surface area contributed by atoms with Crippen molar-refractivity contribution in [2.24, 2.45) is 5.73 Å². The third-order valence-corrected chi connectivity index (χ3v) is 2.61. The SMILES string of the molecule is CC(C)(C)OC(=O)Nc1ncc(C=CCC(N)=O)s1. The second kappa shape index (κ2) is 6.33. The van der Waals surface area contributed by atoms with Crippen molar-refractivity contribution in [2.75, 3.05) is 5.32 Å². The molecule has 0 aliphatic carbocycles. The first-order valence-electron chi connectivity index (χ1n) is 5.67. The van der Waals surface area contributed by atoms with Crippen molar-refractivity contribution in [2.45, 2.75) is 32.8 Å². The lowest BCUT2D eigenvalue weighted by Gasteiger charge is -2.18. The Kier molecular flexibility index (Phi) is 5.05. The van der Waals surface area contributed by atoms with Gasteiger partial charge in [-0.15, -0.1) is 0 Å². The van der Waals surface area contributed by atoms with E-state index < -0.39 is 17.6 Å². The van der Waals surface area contributed by atoms with Crippen LogP contribution in [0.2, 0.25) is 0 Å². The second-order valence-electron chi connectivity index (χ2n) is 4.77. The summed E-state index contributed by atoms with van der Waals surface area (Å²) in [5.41, 5.74) is 4.46. The summed E-state index contributed by atoms with van der Waals surface area (Å²) in [5, 5.41) is 2.98. The number of rotatable bonds is 4. The summed E-state index contributed by atoms with van der Waals surface area (Å²) in [6, 6.07) is 0. The lowest BCUT2D eigenvalue weighted by Crippen LogP contribution is -2.27. The highest BCUT2D eigenvalue weighted by Gasteiger charge is 2.16.